The van der Waals surface area contributed by atoms with Crippen LogP contribution in [0.1, 0.15) is 5.56 Å². The Labute approximate surface area is 128 Å². The molecule has 0 aromatic heterocycles. The van der Waals surface area contributed by atoms with Gasteiger partial charge in [0.2, 0.25) is 5.75 Å². The van der Waals surface area contributed by atoms with E-state index in [9.17, 15) is 10.1 Å². The van der Waals surface area contributed by atoms with E-state index in [2.05, 4.69) is 15.9 Å². The highest BCUT2D eigenvalue weighted by Crippen LogP contribution is 2.39. The van der Waals surface area contributed by atoms with Gasteiger partial charge in [0.25, 0.3) is 0 Å². The summed E-state index contributed by atoms with van der Waals surface area (Å²) < 4.78 is 6.45. The number of nitro groups is 1. The number of nitro benzene ring substituents is 1. The minimum Gasteiger partial charge on any atom is -0.448 e. The fourth-order valence-corrected chi connectivity index (χ4v) is 2.28. The van der Waals surface area contributed by atoms with Crippen LogP contribution in [0.25, 0.3) is 0 Å². The number of para-hydroxylation sites is 1. The summed E-state index contributed by atoms with van der Waals surface area (Å²) in [4.78, 5) is 10.5. The Kier molecular flexibility index (Phi) is 4.59. The summed E-state index contributed by atoms with van der Waals surface area (Å²) in [6.45, 7) is 0.243. The summed E-state index contributed by atoms with van der Waals surface area (Å²) in [6.07, 6.45) is 0. The first-order valence-electron chi connectivity index (χ1n) is 5.62. The number of ether oxygens (including phenoxy) is 1. The maximum Gasteiger partial charge on any atom is 0.313 e. The lowest BCUT2D eigenvalue weighted by atomic mass is 10.2. The van der Waals surface area contributed by atoms with Crippen LogP contribution in [0.5, 0.6) is 11.5 Å². The second-order valence-corrected chi connectivity index (χ2v) is 5.23. The van der Waals surface area contributed by atoms with Crippen LogP contribution in [0, 0.1) is 10.1 Å². The van der Waals surface area contributed by atoms with Gasteiger partial charge in [0, 0.05) is 22.6 Å². The molecule has 0 amide bonds. The minimum atomic E-state index is -0.539. The Morgan fingerprint density at radius 2 is 2.10 bits per heavy atom. The third-order valence-corrected chi connectivity index (χ3v) is 3.39. The van der Waals surface area contributed by atoms with Gasteiger partial charge >= 0.3 is 5.69 Å². The van der Waals surface area contributed by atoms with E-state index in [0.29, 0.717) is 11.3 Å². The van der Waals surface area contributed by atoms with Gasteiger partial charge in [-0.3, -0.25) is 10.1 Å². The molecule has 2 rings (SSSR count). The van der Waals surface area contributed by atoms with E-state index in [1.807, 2.05) is 0 Å². The van der Waals surface area contributed by atoms with Crippen molar-refractivity contribution >= 4 is 33.2 Å². The van der Waals surface area contributed by atoms with E-state index in [-0.39, 0.29) is 23.0 Å². The lowest BCUT2D eigenvalue weighted by Crippen LogP contribution is -2.01. The average molecular weight is 358 g/mol. The fraction of sp³-hybridized carbons (Fsp3) is 0.0769. The Morgan fingerprint density at radius 1 is 1.35 bits per heavy atom. The number of rotatable bonds is 4. The molecule has 7 heteroatoms. The van der Waals surface area contributed by atoms with Gasteiger partial charge in [-0.1, -0.05) is 33.6 Å². The van der Waals surface area contributed by atoms with E-state index >= 15 is 0 Å². The zero-order chi connectivity index (χ0) is 14.7. The van der Waals surface area contributed by atoms with E-state index in [1.165, 1.54) is 18.2 Å². The van der Waals surface area contributed by atoms with Crippen molar-refractivity contribution in [3.8, 4) is 11.5 Å². The molecular weight excluding hydrogens is 348 g/mol. The minimum absolute atomic E-state index is 0.0104. The SMILES string of the molecule is NCc1cc(Br)ccc1Oc1c(Cl)cccc1[N+](=O)[O-]. The maximum atomic E-state index is 11.0. The molecule has 0 saturated heterocycles. The van der Waals surface area contributed by atoms with Gasteiger partial charge in [0.15, 0.2) is 0 Å². The van der Waals surface area contributed by atoms with Crippen LogP contribution in [-0.2, 0) is 6.54 Å². The van der Waals surface area contributed by atoms with Crippen LogP contribution in [0.2, 0.25) is 5.02 Å². The molecule has 104 valence electrons. The van der Waals surface area contributed by atoms with E-state index in [1.54, 1.807) is 18.2 Å². The highest BCUT2D eigenvalue weighted by molar-refractivity contribution is 9.10. The first kappa shape index (κ1) is 14.8. The molecule has 2 N–H and O–H groups in total. The summed E-state index contributed by atoms with van der Waals surface area (Å²) in [7, 11) is 0. The normalized spacial score (nSPS) is 10.3. The van der Waals surface area contributed by atoms with Crippen molar-refractivity contribution in [2.75, 3.05) is 0 Å². The largest absolute Gasteiger partial charge is 0.448 e. The summed E-state index contributed by atoms with van der Waals surface area (Å²) in [6, 6.07) is 9.60. The third kappa shape index (κ3) is 3.09. The molecule has 0 atom stereocenters. The van der Waals surface area contributed by atoms with E-state index < -0.39 is 4.92 Å². The first-order chi connectivity index (χ1) is 9.52. The zero-order valence-corrected chi connectivity index (χ0v) is 12.5. The number of halogens is 2. The third-order valence-electron chi connectivity index (χ3n) is 2.60. The molecule has 0 spiro atoms. The second kappa shape index (κ2) is 6.21. The maximum absolute atomic E-state index is 11.0. The number of benzene rings is 2. The van der Waals surface area contributed by atoms with Crippen molar-refractivity contribution in [3.05, 3.63) is 61.6 Å². The molecule has 5 nitrogen and oxygen atoms in total. The van der Waals surface area contributed by atoms with Crippen LogP contribution >= 0.6 is 27.5 Å². The predicted molar refractivity (Wildman–Crippen MR) is 80.2 cm³/mol. The van der Waals surface area contributed by atoms with Gasteiger partial charge in [-0.15, -0.1) is 0 Å². The van der Waals surface area contributed by atoms with Crippen molar-refractivity contribution < 1.29 is 9.66 Å². The fourth-order valence-electron chi connectivity index (χ4n) is 1.66. The molecule has 2 aromatic rings. The first-order valence-corrected chi connectivity index (χ1v) is 6.79. The van der Waals surface area contributed by atoms with Crippen molar-refractivity contribution in [3.63, 3.8) is 0 Å². The Bertz CT molecular complexity index is 664. The lowest BCUT2D eigenvalue weighted by Gasteiger charge is -2.11. The van der Waals surface area contributed by atoms with Crippen LogP contribution in [0.3, 0.4) is 0 Å². The molecule has 0 aliphatic heterocycles. The molecule has 20 heavy (non-hydrogen) atoms. The Morgan fingerprint density at radius 3 is 2.75 bits per heavy atom. The number of hydrogen-bond acceptors (Lipinski definition) is 4. The average Bonchev–Trinajstić information content (AvgIpc) is 2.42. The summed E-state index contributed by atoms with van der Waals surface area (Å²) in [5, 5.41) is 11.2. The van der Waals surface area contributed by atoms with Gasteiger partial charge in [-0.2, -0.15) is 0 Å². The summed E-state index contributed by atoms with van der Waals surface area (Å²) in [5.41, 5.74) is 6.17. The number of hydrogen-bond donors (Lipinski definition) is 1. The van der Waals surface area contributed by atoms with E-state index in [4.69, 9.17) is 22.1 Å². The molecular formula is C13H10BrClN2O3. The van der Waals surface area contributed by atoms with Crippen LogP contribution < -0.4 is 10.5 Å². The standard InChI is InChI=1S/C13H10BrClN2O3/c14-9-4-5-12(8(6-9)7-16)20-13-10(15)2-1-3-11(13)17(18)19/h1-6H,7,16H2. The summed E-state index contributed by atoms with van der Waals surface area (Å²) in [5.74, 6) is 0.447. The van der Waals surface area contributed by atoms with Gasteiger partial charge in [-0.05, 0) is 24.3 Å². The van der Waals surface area contributed by atoms with Gasteiger partial charge in [0.1, 0.15) is 5.75 Å². The van der Waals surface area contributed by atoms with Crippen molar-refractivity contribution in [2.24, 2.45) is 5.73 Å². The molecule has 0 aliphatic carbocycles. The van der Waals surface area contributed by atoms with Crippen LogP contribution in [0.4, 0.5) is 5.69 Å². The smallest absolute Gasteiger partial charge is 0.313 e. The van der Waals surface area contributed by atoms with Crippen LogP contribution in [-0.4, -0.2) is 4.92 Å². The van der Waals surface area contributed by atoms with Gasteiger partial charge in [0.05, 0.1) is 9.95 Å². The number of nitrogens with two attached hydrogens (primary N) is 1. The second-order valence-electron chi connectivity index (χ2n) is 3.90. The van der Waals surface area contributed by atoms with Crippen LogP contribution in [0.15, 0.2) is 40.9 Å². The van der Waals surface area contributed by atoms with Crippen molar-refractivity contribution in [1.82, 2.24) is 0 Å². The van der Waals surface area contributed by atoms with E-state index in [0.717, 1.165) is 4.47 Å². The molecule has 0 heterocycles. The molecule has 0 radical (unpaired) electrons. The molecule has 0 bridgehead atoms. The quantitative estimate of drug-likeness (QED) is 0.655. The monoisotopic (exact) mass is 356 g/mol. The molecule has 0 aliphatic rings. The van der Waals surface area contributed by atoms with Crippen molar-refractivity contribution in [1.29, 1.82) is 0 Å². The predicted octanol–water partition coefficient (Wildman–Crippen LogP) is 4.26. The summed E-state index contributed by atoms with van der Waals surface area (Å²) >= 11 is 9.31. The topological polar surface area (TPSA) is 78.4 Å². The van der Waals surface area contributed by atoms with Gasteiger partial charge < -0.3 is 10.5 Å². The Hall–Kier alpha value is -1.63. The van der Waals surface area contributed by atoms with Gasteiger partial charge in [-0.25, -0.2) is 0 Å². The lowest BCUT2D eigenvalue weighted by molar-refractivity contribution is -0.385. The molecule has 0 saturated carbocycles. The number of nitrogens with zero attached hydrogens (tertiary/aromatic N) is 1. The molecule has 0 unspecified atom stereocenters. The molecule has 0 fully saturated rings. The molecule has 2 aromatic carbocycles. The zero-order valence-electron chi connectivity index (χ0n) is 10.2. The highest BCUT2D eigenvalue weighted by atomic mass is 79.9. The highest BCUT2D eigenvalue weighted by Gasteiger charge is 2.20. The Balaban J connectivity index is 2.47. The van der Waals surface area contributed by atoms with Crippen molar-refractivity contribution in [2.45, 2.75) is 6.54 Å².